The number of carbonyl (C=O) groups excluding carboxylic acids is 2. The quantitative estimate of drug-likeness (QED) is 0.583. The summed E-state index contributed by atoms with van der Waals surface area (Å²) in [6.45, 7) is 0. The molecule has 0 amide bonds. The molecule has 0 saturated carbocycles. The van der Waals surface area contributed by atoms with E-state index in [2.05, 4.69) is 0 Å². The Bertz CT molecular complexity index is 821. The first-order chi connectivity index (χ1) is 11.6. The van der Waals surface area contributed by atoms with Crippen LogP contribution in [0.4, 0.5) is 0 Å². The van der Waals surface area contributed by atoms with E-state index in [1.807, 2.05) is 0 Å². The van der Waals surface area contributed by atoms with Gasteiger partial charge in [-0.15, -0.1) is 0 Å². The van der Waals surface area contributed by atoms with Crippen molar-refractivity contribution in [2.45, 2.75) is 0 Å². The van der Waals surface area contributed by atoms with Gasteiger partial charge in [0.25, 0.3) is 0 Å². The minimum atomic E-state index is -0.218. The van der Waals surface area contributed by atoms with E-state index in [9.17, 15) is 9.59 Å². The average molecular weight is 355 g/mol. The molecule has 0 aliphatic rings. The number of hydrogen-bond donors (Lipinski definition) is 0. The summed E-state index contributed by atoms with van der Waals surface area (Å²) in [6.07, 6.45) is 0. The van der Waals surface area contributed by atoms with E-state index < -0.39 is 0 Å². The van der Waals surface area contributed by atoms with E-state index in [1.54, 1.807) is 72.8 Å². The van der Waals surface area contributed by atoms with Gasteiger partial charge in [-0.05, 0) is 48.5 Å². The van der Waals surface area contributed by atoms with Crippen molar-refractivity contribution in [1.29, 1.82) is 0 Å². The fraction of sp³-hybridized carbons (Fsp3) is 0. The van der Waals surface area contributed by atoms with E-state index in [1.165, 1.54) is 0 Å². The Morgan fingerprint density at radius 3 is 1.21 bits per heavy atom. The number of rotatable bonds is 4. The SMILES string of the molecule is O=C(c1ccc(Cl)cc1)c1ccccc1C(=O)c1ccc(Cl)cc1. The molecule has 0 atom stereocenters. The Hall–Kier alpha value is -2.42. The molecule has 0 saturated heterocycles. The third-order valence-electron chi connectivity index (χ3n) is 3.63. The van der Waals surface area contributed by atoms with Crippen LogP contribution in [0.3, 0.4) is 0 Å². The molecular formula is C20H12Cl2O2. The zero-order valence-electron chi connectivity index (χ0n) is 12.5. The normalized spacial score (nSPS) is 10.4. The third-order valence-corrected chi connectivity index (χ3v) is 4.13. The summed E-state index contributed by atoms with van der Waals surface area (Å²) in [5.41, 5.74) is 1.69. The molecule has 118 valence electrons. The molecule has 0 aliphatic heterocycles. The lowest BCUT2D eigenvalue weighted by Crippen LogP contribution is -2.11. The first-order valence-corrected chi connectivity index (χ1v) is 8.01. The summed E-state index contributed by atoms with van der Waals surface area (Å²) in [7, 11) is 0. The summed E-state index contributed by atoms with van der Waals surface area (Å²) >= 11 is 11.7. The summed E-state index contributed by atoms with van der Waals surface area (Å²) in [5, 5.41) is 1.11. The van der Waals surface area contributed by atoms with E-state index in [0.717, 1.165) is 0 Å². The molecule has 0 fully saturated rings. The van der Waals surface area contributed by atoms with Gasteiger partial charge < -0.3 is 0 Å². The number of carbonyl (C=O) groups is 2. The largest absolute Gasteiger partial charge is 0.289 e. The molecule has 2 nitrogen and oxygen atoms in total. The fourth-order valence-corrected chi connectivity index (χ4v) is 2.64. The van der Waals surface area contributed by atoms with Crippen LogP contribution < -0.4 is 0 Å². The van der Waals surface area contributed by atoms with Crippen molar-refractivity contribution in [1.82, 2.24) is 0 Å². The van der Waals surface area contributed by atoms with Crippen LogP contribution in [0.5, 0.6) is 0 Å². The van der Waals surface area contributed by atoms with Crippen LogP contribution in [0.25, 0.3) is 0 Å². The molecule has 0 heterocycles. The zero-order chi connectivity index (χ0) is 17.1. The van der Waals surface area contributed by atoms with Crippen molar-refractivity contribution in [3.8, 4) is 0 Å². The molecule has 0 spiro atoms. The second kappa shape index (κ2) is 7.00. The molecule has 0 aliphatic carbocycles. The second-order valence-electron chi connectivity index (χ2n) is 5.22. The molecule has 24 heavy (non-hydrogen) atoms. The molecule has 3 aromatic carbocycles. The van der Waals surface area contributed by atoms with Crippen molar-refractivity contribution in [3.63, 3.8) is 0 Å². The number of halogens is 2. The first-order valence-electron chi connectivity index (χ1n) is 7.26. The predicted molar refractivity (Wildman–Crippen MR) is 96.2 cm³/mol. The Morgan fingerprint density at radius 2 is 0.875 bits per heavy atom. The average Bonchev–Trinajstić information content (AvgIpc) is 2.62. The van der Waals surface area contributed by atoms with Gasteiger partial charge in [-0.3, -0.25) is 9.59 Å². The van der Waals surface area contributed by atoms with Gasteiger partial charge in [0.1, 0.15) is 0 Å². The summed E-state index contributed by atoms with van der Waals surface area (Å²) in [4.78, 5) is 25.5. The maximum absolute atomic E-state index is 12.8. The predicted octanol–water partition coefficient (Wildman–Crippen LogP) is 5.46. The van der Waals surface area contributed by atoms with E-state index in [4.69, 9.17) is 23.2 Å². The van der Waals surface area contributed by atoms with Gasteiger partial charge in [-0.25, -0.2) is 0 Å². The highest BCUT2D eigenvalue weighted by molar-refractivity contribution is 6.31. The van der Waals surface area contributed by atoms with Gasteiger partial charge in [0.05, 0.1) is 0 Å². The van der Waals surface area contributed by atoms with Gasteiger partial charge in [-0.1, -0.05) is 47.5 Å². The minimum Gasteiger partial charge on any atom is -0.289 e. The topological polar surface area (TPSA) is 34.1 Å². The lowest BCUT2D eigenvalue weighted by atomic mass is 9.93. The van der Waals surface area contributed by atoms with Crippen molar-refractivity contribution >= 4 is 34.8 Å². The highest BCUT2D eigenvalue weighted by atomic mass is 35.5. The van der Waals surface area contributed by atoms with Crippen LogP contribution in [0.2, 0.25) is 10.0 Å². The van der Waals surface area contributed by atoms with Crippen LogP contribution in [0, 0.1) is 0 Å². The molecular weight excluding hydrogens is 343 g/mol. The van der Waals surface area contributed by atoms with Crippen LogP contribution >= 0.6 is 23.2 Å². The lowest BCUT2D eigenvalue weighted by molar-refractivity contribution is 0.100. The molecule has 0 radical (unpaired) electrons. The molecule has 0 aromatic heterocycles. The third kappa shape index (κ3) is 3.40. The van der Waals surface area contributed by atoms with Crippen molar-refractivity contribution in [2.24, 2.45) is 0 Å². The maximum atomic E-state index is 12.8. The molecule has 0 bridgehead atoms. The van der Waals surface area contributed by atoms with Gasteiger partial charge in [0, 0.05) is 32.3 Å². The molecule has 0 unspecified atom stereocenters. The Balaban J connectivity index is 2.01. The fourth-order valence-electron chi connectivity index (χ4n) is 2.39. The monoisotopic (exact) mass is 354 g/mol. The van der Waals surface area contributed by atoms with Crippen molar-refractivity contribution in [3.05, 3.63) is 105 Å². The van der Waals surface area contributed by atoms with Crippen LogP contribution in [-0.2, 0) is 0 Å². The Labute approximate surface area is 149 Å². The first kappa shape index (κ1) is 16.4. The van der Waals surface area contributed by atoms with Crippen LogP contribution in [0.1, 0.15) is 31.8 Å². The van der Waals surface area contributed by atoms with Crippen molar-refractivity contribution in [2.75, 3.05) is 0 Å². The highest BCUT2D eigenvalue weighted by Gasteiger charge is 2.19. The molecule has 0 N–H and O–H groups in total. The van der Waals surface area contributed by atoms with E-state index >= 15 is 0 Å². The van der Waals surface area contributed by atoms with Gasteiger partial charge in [0.15, 0.2) is 11.6 Å². The highest BCUT2D eigenvalue weighted by Crippen LogP contribution is 2.20. The molecule has 3 rings (SSSR count). The number of hydrogen-bond acceptors (Lipinski definition) is 2. The zero-order valence-corrected chi connectivity index (χ0v) is 14.0. The maximum Gasteiger partial charge on any atom is 0.193 e. The summed E-state index contributed by atoms with van der Waals surface area (Å²) in [5.74, 6) is -0.436. The molecule has 4 heteroatoms. The van der Waals surface area contributed by atoms with Gasteiger partial charge in [-0.2, -0.15) is 0 Å². The Kier molecular flexibility index (Phi) is 4.79. The Morgan fingerprint density at radius 1 is 0.542 bits per heavy atom. The number of benzene rings is 3. The lowest BCUT2D eigenvalue weighted by Gasteiger charge is -2.08. The smallest absolute Gasteiger partial charge is 0.193 e. The minimum absolute atomic E-state index is 0.218. The van der Waals surface area contributed by atoms with Crippen molar-refractivity contribution < 1.29 is 9.59 Å². The van der Waals surface area contributed by atoms with E-state index in [-0.39, 0.29) is 11.6 Å². The van der Waals surface area contributed by atoms with Gasteiger partial charge >= 0.3 is 0 Å². The second-order valence-corrected chi connectivity index (χ2v) is 6.09. The van der Waals surface area contributed by atoms with Crippen LogP contribution in [0.15, 0.2) is 72.8 Å². The number of ketones is 2. The standard InChI is InChI=1S/C20H12Cl2O2/c21-15-9-5-13(6-10-15)19(23)17-3-1-2-4-18(17)20(24)14-7-11-16(22)12-8-14/h1-12H. The molecule has 3 aromatic rings. The van der Waals surface area contributed by atoms with Gasteiger partial charge in [0.2, 0.25) is 0 Å². The summed E-state index contributed by atoms with van der Waals surface area (Å²) in [6, 6.07) is 20.0. The van der Waals surface area contributed by atoms with E-state index in [0.29, 0.717) is 32.3 Å². The summed E-state index contributed by atoms with van der Waals surface area (Å²) < 4.78 is 0. The van der Waals surface area contributed by atoms with Crippen LogP contribution in [-0.4, -0.2) is 11.6 Å².